The third-order valence-corrected chi connectivity index (χ3v) is 4.18. The SMILES string of the molecule is CN=C(NCC(C)C)N1CCN(c2ncc(Br)c(OC)n2)CC1.I. The quantitative estimate of drug-likeness (QED) is 0.379. The van der Waals surface area contributed by atoms with Crippen LogP contribution in [-0.2, 0) is 0 Å². The average Bonchev–Trinajstić information content (AvgIpc) is 2.56. The minimum atomic E-state index is 0. The van der Waals surface area contributed by atoms with Crippen LogP contribution in [0.4, 0.5) is 5.95 Å². The lowest BCUT2D eigenvalue weighted by molar-refractivity contribution is 0.364. The number of anilines is 1. The molecule has 0 radical (unpaired) electrons. The van der Waals surface area contributed by atoms with Gasteiger partial charge in [-0.15, -0.1) is 24.0 Å². The maximum atomic E-state index is 5.24. The van der Waals surface area contributed by atoms with Gasteiger partial charge in [-0.05, 0) is 21.8 Å². The van der Waals surface area contributed by atoms with E-state index in [0.29, 0.717) is 17.7 Å². The summed E-state index contributed by atoms with van der Waals surface area (Å²) in [6.45, 7) is 8.80. The Balaban J connectivity index is 0.00000288. The number of nitrogens with one attached hydrogen (secondary N) is 1. The zero-order valence-corrected chi connectivity index (χ0v) is 18.5. The maximum absolute atomic E-state index is 5.24. The number of guanidine groups is 1. The number of nitrogens with zero attached hydrogens (tertiary/aromatic N) is 5. The van der Waals surface area contributed by atoms with Crippen molar-refractivity contribution in [1.82, 2.24) is 20.2 Å². The number of hydrogen-bond donors (Lipinski definition) is 1. The molecule has 1 aromatic rings. The second kappa shape index (κ2) is 10.2. The molecule has 2 rings (SSSR count). The van der Waals surface area contributed by atoms with Gasteiger partial charge in [-0.2, -0.15) is 4.98 Å². The molecular formula is C15H26BrIN6O. The van der Waals surface area contributed by atoms with E-state index in [1.165, 1.54) is 0 Å². The zero-order chi connectivity index (χ0) is 16.8. The molecule has 1 aromatic heterocycles. The predicted molar refractivity (Wildman–Crippen MR) is 112 cm³/mol. The molecule has 0 spiro atoms. The van der Waals surface area contributed by atoms with Gasteiger partial charge in [0.2, 0.25) is 11.8 Å². The molecule has 1 aliphatic rings. The van der Waals surface area contributed by atoms with Gasteiger partial charge >= 0.3 is 0 Å². The van der Waals surface area contributed by atoms with Crippen LogP contribution in [0.25, 0.3) is 0 Å². The number of ether oxygens (including phenoxy) is 1. The second-order valence-corrected chi connectivity index (χ2v) is 6.68. The van der Waals surface area contributed by atoms with Gasteiger partial charge in [0.1, 0.15) is 0 Å². The summed E-state index contributed by atoms with van der Waals surface area (Å²) in [4.78, 5) is 17.6. The Morgan fingerprint density at radius 1 is 1.38 bits per heavy atom. The number of halogens is 2. The lowest BCUT2D eigenvalue weighted by Gasteiger charge is -2.36. The Hall–Kier alpha value is -0.840. The van der Waals surface area contributed by atoms with Crippen LogP contribution in [0.5, 0.6) is 5.88 Å². The molecule has 0 aromatic carbocycles. The molecule has 136 valence electrons. The molecule has 9 heteroatoms. The van der Waals surface area contributed by atoms with Gasteiger partial charge in [0.05, 0.1) is 17.8 Å². The molecule has 0 saturated carbocycles. The van der Waals surface area contributed by atoms with Gasteiger partial charge in [0.25, 0.3) is 0 Å². The highest BCUT2D eigenvalue weighted by atomic mass is 127. The molecule has 0 bridgehead atoms. The molecule has 7 nitrogen and oxygen atoms in total. The van der Waals surface area contributed by atoms with E-state index in [0.717, 1.165) is 43.2 Å². The summed E-state index contributed by atoms with van der Waals surface area (Å²) in [5, 5.41) is 3.42. The van der Waals surface area contributed by atoms with E-state index in [1.807, 2.05) is 7.05 Å². The van der Waals surface area contributed by atoms with Crippen molar-refractivity contribution in [2.75, 3.05) is 51.8 Å². The summed E-state index contributed by atoms with van der Waals surface area (Å²) < 4.78 is 6.01. The number of rotatable bonds is 4. The summed E-state index contributed by atoms with van der Waals surface area (Å²) in [6.07, 6.45) is 1.73. The molecule has 1 saturated heterocycles. The van der Waals surface area contributed by atoms with Crippen molar-refractivity contribution in [2.24, 2.45) is 10.9 Å². The first-order valence-electron chi connectivity index (χ1n) is 7.82. The van der Waals surface area contributed by atoms with Crippen LogP contribution < -0.4 is 15.0 Å². The fourth-order valence-corrected chi connectivity index (χ4v) is 2.74. The van der Waals surface area contributed by atoms with Crippen molar-refractivity contribution in [1.29, 1.82) is 0 Å². The lowest BCUT2D eigenvalue weighted by Crippen LogP contribution is -2.53. The van der Waals surface area contributed by atoms with E-state index in [2.05, 4.69) is 59.9 Å². The normalized spacial score (nSPS) is 15.3. The van der Waals surface area contributed by atoms with Crippen molar-refractivity contribution in [2.45, 2.75) is 13.8 Å². The number of aliphatic imine (C=N–C) groups is 1. The van der Waals surface area contributed by atoms with E-state index >= 15 is 0 Å². The van der Waals surface area contributed by atoms with Gasteiger partial charge in [-0.3, -0.25) is 4.99 Å². The monoisotopic (exact) mass is 512 g/mol. The Morgan fingerprint density at radius 2 is 2.04 bits per heavy atom. The average molecular weight is 513 g/mol. The van der Waals surface area contributed by atoms with E-state index in [9.17, 15) is 0 Å². The molecule has 0 amide bonds. The van der Waals surface area contributed by atoms with Crippen molar-refractivity contribution in [3.8, 4) is 5.88 Å². The minimum absolute atomic E-state index is 0. The van der Waals surface area contributed by atoms with Crippen molar-refractivity contribution < 1.29 is 4.74 Å². The van der Waals surface area contributed by atoms with E-state index in [1.54, 1.807) is 13.3 Å². The molecule has 24 heavy (non-hydrogen) atoms. The van der Waals surface area contributed by atoms with Crippen molar-refractivity contribution >= 4 is 51.8 Å². The van der Waals surface area contributed by atoms with Crippen molar-refractivity contribution in [3.05, 3.63) is 10.7 Å². The largest absolute Gasteiger partial charge is 0.480 e. The van der Waals surface area contributed by atoms with Crippen LogP contribution in [0.1, 0.15) is 13.8 Å². The number of aromatic nitrogens is 2. The second-order valence-electron chi connectivity index (χ2n) is 5.82. The number of piperazine rings is 1. The van der Waals surface area contributed by atoms with Crippen LogP contribution in [0.2, 0.25) is 0 Å². The third kappa shape index (κ3) is 5.61. The summed E-state index contributed by atoms with van der Waals surface area (Å²) in [7, 11) is 3.44. The summed E-state index contributed by atoms with van der Waals surface area (Å²) >= 11 is 3.38. The van der Waals surface area contributed by atoms with Gasteiger partial charge < -0.3 is 19.9 Å². The summed E-state index contributed by atoms with van der Waals surface area (Å²) in [5.74, 6) is 2.82. The van der Waals surface area contributed by atoms with Crippen LogP contribution in [0.15, 0.2) is 15.7 Å². The highest BCUT2D eigenvalue weighted by Gasteiger charge is 2.22. The van der Waals surface area contributed by atoms with E-state index < -0.39 is 0 Å². The Bertz CT molecular complexity index is 549. The third-order valence-electron chi connectivity index (χ3n) is 3.63. The number of methoxy groups -OCH3 is 1. The Kier molecular flexibility index (Phi) is 9.03. The smallest absolute Gasteiger partial charge is 0.232 e. The standard InChI is InChI=1S/C15H25BrN6O.HI/c1-11(2)9-18-14(17-3)21-5-7-22(8-6-21)15-19-10-12(16)13(20-15)23-4;/h10-11H,5-9H2,1-4H3,(H,17,18);1H. The van der Waals surface area contributed by atoms with Crippen LogP contribution in [0.3, 0.4) is 0 Å². The van der Waals surface area contributed by atoms with Crippen molar-refractivity contribution in [3.63, 3.8) is 0 Å². The topological polar surface area (TPSA) is 65.9 Å². The van der Waals surface area contributed by atoms with Crippen LogP contribution >= 0.6 is 39.9 Å². The summed E-state index contributed by atoms with van der Waals surface area (Å²) in [5.41, 5.74) is 0. The maximum Gasteiger partial charge on any atom is 0.232 e. The molecule has 0 unspecified atom stereocenters. The minimum Gasteiger partial charge on any atom is -0.480 e. The molecule has 1 fully saturated rings. The first-order valence-corrected chi connectivity index (χ1v) is 8.61. The van der Waals surface area contributed by atoms with Gasteiger partial charge in [-0.1, -0.05) is 13.8 Å². The molecule has 1 N–H and O–H groups in total. The summed E-state index contributed by atoms with van der Waals surface area (Å²) in [6, 6.07) is 0. The highest BCUT2D eigenvalue weighted by Crippen LogP contribution is 2.23. The van der Waals surface area contributed by atoms with Gasteiger partial charge in [0.15, 0.2) is 5.96 Å². The fourth-order valence-electron chi connectivity index (χ4n) is 2.38. The van der Waals surface area contributed by atoms with Crippen LogP contribution in [-0.4, -0.2) is 67.7 Å². The van der Waals surface area contributed by atoms with Gasteiger partial charge in [-0.25, -0.2) is 4.98 Å². The molecule has 2 heterocycles. The van der Waals surface area contributed by atoms with E-state index in [4.69, 9.17) is 4.74 Å². The molecular weight excluding hydrogens is 487 g/mol. The fraction of sp³-hybridized carbons (Fsp3) is 0.667. The zero-order valence-electron chi connectivity index (χ0n) is 14.6. The Labute approximate surface area is 169 Å². The predicted octanol–water partition coefficient (Wildman–Crippen LogP) is 2.22. The number of hydrogen-bond acceptors (Lipinski definition) is 5. The van der Waals surface area contributed by atoms with Crippen LogP contribution in [0, 0.1) is 5.92 Å². The van der Waals surface area contributed by atoms with E-state index in [-0.39, 0.29) is 24.0 Å². The van der Waals surface area contributed by atoms with Gasteiger partial charge in [0, 0.05) is 39.8 Å². The molecule has 0 atom stereocenters. The highest BCUT2D eigenvalue weighted by molar-refractivity contribution is 14.0. The lowest BCUT2D eigenvalue weighted by atomic mass is 10.2. The molecule has 1 aliphatic heterocycles. The first-order chi connectivity index (χ1) is 11.0. The first kappa shape index (κ1) is 21.2. The molecule has 0 aliphatic carbocycles. The Morgan fingerprint density at radius 3 is 2.58 bits per heavy atom.